The number of carboxylic acid groups (broad SMARTS) is 1. The van der Waals surface area contributed by atoms with Crippen molar-refractivity contribution in [3.05, 3.63) is 63.2 Å². The van der Waals surface area contributed by atoms with Crippen molar-refractivity contribution in [2.24, 2.45) is 0 Å². The summed E-state index contributed by atoms with van der Waals surface area (Å²) in [7, 11) is 1.56. The third-order valence-corrected chi connectivity index (χ3v) is 4.51. The lowest BCUT2D eigenvalue weighted by atomic mass is 10.1. The molecule has 0 aliphatic carbocycles. The van der Waals surface area contributed by atoms with E-state index in [1.807, 2.05) is 13.0 Å². The summed E-state index contributed by atoms with van der Waals surface area (Å²) in [6, 6.07) is 10.4. The fraction of sp³-hybridized carbons (Fsp3) is 0.211. The average molecular weight is 388 g/mol. The van der Waals surface area contributed by atoms with Crippen LogP contribution in [0.4, 0.5) is 4.79 Å². The van der Waals surface area contributed by atoms with Crippen LogP contribution in [-0.2, 0) is 6.42 Å². The Hall–Kier alpha value is -3.06. The summed E-state index contributed by atoms with van der Waals surface area (Å²) in [6.45, 7) is 2.02. The van der Waals surface area contributed by atoms with E-state index in [9.17, 15) is 9.59 Å². The van der Waals surface area contributed by atoms with E-state index < -0.39 is 6.09 Å². The molecule has 1 heterocycles. The Balaban J connectivity index is 2.24. The number of carbonyl (C=O) groups is 1. The molecule has 0 spiro atoms. The summed E-state index contributed by atoms with van der Waals surface area (Å²) in [5, 5.41) is 11.7. The van der Waals surface area contributed by atoms with E-state index in [-0.39, 0.29) is 18.5 Å². The maximum Gasteiger partial charge on any atom is 0.404 e. The van der Waals surface area contributed by atoms with Crippen LogP contribution >= 0.6 is 11.6 Å². The molecule has 3 rings (SSSR count). The van der Waals surface area contributed by atoms with E-state index in [1.54, 1.807) is 37.4 Å². The van der Waals surface area contributed by atoms with Gasteiger partial charge in [-0.1, -0.05) is 23.7 Å². The number of ether oxygens (including phenoxy) is 1. The maximum atomic E-state index is 13.2. The molecule has 0 saturated heterocycles. The fourth-order valence-electron chi connectivity index (χ4n) is 2.90. The van der Waals surface area contributed by atoms with Crippen molar-refractivity contribution in [2.45, 2.75) is 13.3 Å². The molecule has 27 heavy (non-hydrogen) atoms. The van der Waals surface area contributed by atoms with Gasteiger partial charge in [0.25, 0.3) is 5.56 Å². The number of halogens is 1. The number of benzene rings is 2. The Kier molecular flexibility index (Phi) is 5.32. The van der Waals surface area contributed by atoms with E-state index >= 15 is 0 Å². The molecule has 8 heteroatoms. The second-order valence-corrected chi connectivity index (χ2v) is 6.35. The predicted molar refractivity (Wildman–Crippen MR) is 103 cm³/mol. The zero-order chi connectivity index (χ0) is 19.6. The van der Waals surface area contributed by atoms with E-state index in [0.29, 0.717) is 33.2 Å². The van der Waals surface area contributed by atoms with Gasteiger partial charge in [0, 0.05) is 19.0 Å². The van der Waals surface area contributed by atoms with Crippen LogP contribution in [-0.4, -0.2) is 34.4 Å². The van der Waals surface area contributed by atoms with Crippen molar-refractivity contribution in [3.8, 4) is 11.4 Å². The van der Waals surface area contributed by atoms with Crippen molar-refractivity contribution in [1.82, 2.24) is 14.9 Å². The molecule has 3 aromatic rings. The highest BCUT2D eigenvalue weighted by Crippen LogP contribution is 2.24. The first-order chi connectivity index (χ1) is 12.9. The summed E-state index contributed by atoms with van der Waals surface area (Å²) >= 11 is 6.24. The lowest BCUT2D eigenvalue weighted by Gasteiger charge is -2.15. The molecule has 1 aromatic heterocycles. The molecule has 7 nitrogen and oxygen atoms in total. The van der Waals surface area contributed by atoms with Crippen LogP contribution in [0.3, 0.4) is 0 Å². The van der Waals surface area contributed by atoms with Gasteiger partial charge in [-0.15, -0.1) is 0 Å². The third-order valence-electron chi connectivity index (χ3n) is 4.19. The van der Waals surface area contributed by atoms with Crippen molar-refractivity contribution in [3.63, 3.8) is 0 Å². The number of fused-ring (bicyclic) bond motifs is 1. The molecule has 0 bridgehead atoms. The van der Waals surface area contributed by atoms with Crippen LogP contribution in [0.1, 0.15) is 11.4 Å². The lowest BCUT2D eigenvalue weighted by Crippen LogP contribution is -2.29. The van der Waals surface area contributed by atoms with E-state index in [0.717, 1.165) is 5.56 Å². The standard InChI is InChI=1S/C19H18ClN3O4/c1-11-6-7-12(10-15(11)27-2)23-16(8-9-21-19(25)26)22-14-5-3-4-13(20)17(14)18(23)24/h3-7,10,21H,8-9H2,1-2H3,(H,25,26). The van der Waals surface area contributed by atoms with Gasteiger partial charge in [0.15, 0.2) is 0 Å². The molecule has 0 aliphatic rings. The minimum Gasteiger partial charge on any atom is -0.496 e. The Morgan fingerprint density at radius 3 is 2.81 bits per heavy atom. The molecular weight excluding hydrogens is 370 g/mol. The number of aromatic nitrogens is 2. The minimum atomic E-state index is -1.13. The molecule has 0 fully saturated rings. The molecule has 0 saturated carbocycles. The Morgan fingerprint density at radius 1 is 1.33 bits per heavy atom. The van der Waals surface area contributed by atoms with Gasteiger partial charge in [-0.25, -0.2) is 9.78 Å². The first-order valence-corrected chi connectivity index (χ1v) is 8.62. The second-order valence-electron chi connectivity index (χ2n) is 5.94. The van der Waals surface area contributed by atoms with Crippen LogP contribution in [0, 0.1) is 6.92 Å². The van der Waals surface area contributed by atoms with Crippen LogP contribution in [0.5, 0.6) is 5.75 Å². The first kappa shape index (κ1) is 18.7. The molecule has 140 valence electrons. The summed E-state index contributed by atoms with van der Waals surface area (Å²) in [6.07, 6.45) is -0.898. The van der Waals surface area contributed by atoms with E-state index in [2.05, 4.69) is 10.3 Å². The number of hydrogen-bond donors (Lipinski definition) is 2. The van der Waals surface area contributed by atoms with Crippen molar-refractivity contribution in [1.29, 1.82) is 0 Å². The summed E-state index contributed by atoms with van der Waals surface area (Å²) in [5.74, 6) is 1.06. The SMILES string of the molecule is COc1cc(-n2c(CCNC(=O)O)nc3cccc(Cl)c3c2=O)ccc1C. The molecule has 2 aromatic carbocycles. The summed E-state index contributed by atoms with van der Waals surface area (Å²) < 4.78 is 6.80. The topological polar surface area (TPSA) is 93.4 Å². The molecular formula is C19H18ClN3O4. The van der Waals surface area contributed by atoms with Gasteiger partial charge in [0.05, 0.1) is 28.7 Å². The van der Waals surface area contributed by atoms with Gasteiger partial charge < -0.3 is 15.2 Å². The number of aryl methyl sites for hydroxylation is 1. The zero-order valence-electron chi connectivity index (χ0n) is 14.8. The zero-order valence-corrected chi connectivity index (χ0v) is 15.6. The molecule has 0 aliphatic heterocycles. The highest BCUT2D eigenvalue weighted by atomic mass is 35.5. The third kappa shape index (κ3) is 3.73. The first-order valence-electron chi connectivity index (χ1n) is 8.24. The number of methoxy groups -OCH3 is 1. The second kappa shape index (κ2) is 7.67. The van der Waals surface area contributed by atoms with Crippen LogP contribution in [0.2, 0.25) is 5.02 Å². The molecule has 0 unspecified atom stereocenters. The van der Waals surface area contributed by atoms with Crippen LogP contribution in [0.15, 0.2) is 41.2 Å². The Bertz CT molecular complexity index is 1080. The molecule has 0 atom stereocenters. The number of amides is 1. The predicted octanol–water partition coefficient (Wildman–Crippen LogP) is 3.17. The van der Waals surface area contributed by atoms with Gasteiger partial charge in [-0.2, -0.15) is 0 Å². The quantitative estimate of drug-likeness (QED) is 0.701. The number of nitrogens with zero attached hydrogens (tertiary/aromatic N) is 2. The smallest absolute Gasteiger partial charge is 0.404 e. The van der Waals surface area contributed by atoms with Crippen LogP contribution in [0.25, 0.3) is 16.6 Å². The van der Waals surface area contributed by atoms with Crippen molar-refractivity contribution < 1.29 is 14.6 Å². The van der Waals surface area contributed by atoms with Gasteiger partial charge >= 0.3 is 6.09 Å². The number of hydrogen-bond acceptors (Lipinski definition) is 4. The monoisotopic (exact) mass is 387 g/mol. The number of rotatable bonds is 5. The van der Waals surface area contributed by atoms with Gasteiger partial charge in [0.2, 0.25) is 0 Å². The van der Waals surface area contributed by atoms with Crippen molar-refractivity contribution >= 4 is 28.6 Å². The number of nitrogens with one attached hydrogen (secondary N) is 1. The minimum absolute atomic E-state index is 0.122. The maximum absolute atomic E-state index is 13.2. The average Bonchev–Trinajstić information content (AvgIpc) is 2.62. The fourth-order valence-corrected chi connectivity index (χ4v) is 3.15. The van der Waals surface area contributed by atoms with E-state index in [4.69, 9.17) is 21.4 Å². The van der Waals surface area contributed by atoms with Crippen LogP contribution < -0.4 is 15.6 Å². The highest BCUT2D eigenvalue weighted by Gasteiger charge is 2.16. The molecule has 0 radical (unpaired) electrons. The normalized spacial score (nSPS) is 10.8. The lowest BCUT2D eigenvalue weighted by molar-refractivity contribution is 0.194. The van der Waals surface area contributed by atoms with Gasteiger partial charge in [-0.3, -0.25) is 9.36 Å². The Morgan fingerprint density at radius 2 is 2.11 bits per heavy atom. The molecule has 1 amide bonds. The molecule has 2 N–H and O–H groups in total. The highest BCUT2D eigenvalue weighted by molar-refractivity contribution is 6.35. The summed E-state index contributed by atoms with van der Waals surface area (Å²) in [4.78, 5) is 28.5. The summed E-state index contributed by atoms with van der Waals surface area (Å²) in [5.41, 5.74) is 1.65. The Labute approximate surface area is 160 Å². The largest absolute Gasteiger partial charge is 0.496 e. The van der Waals surface area contributed by atoms with Gasteiger partial charge in [0.1, 0.15) is 11.6 Å². The van der Waals surface area contributed by atoms with E-state index in [1.165, 1.54) is 4.57 Å². The van der Waals surface area contributed by atoms with Crippen molar-refractivity contribution in [2.75, 3.05) is 13.7 Å². The van der Waals surface area contributed by atoms with Gasteiger partial charge in [-0.05, 0) is 30.7 Å².